The third kappa shape index (κ3) is 6.41. The number of nitrogens with one attached hydrogen (secondary N) is 1. The monoisotopic (exact) mass is 401 g/mol. The van der Waals surface area contributed by atoms with Crippen LogP contribution in [0.1, 0.15) is 11.1 Å². The summed E-state index contributed by atoms with van der Waals surface area (Å²) in [4.78, 5) is 23.2. The van der Waals surface area contributed by atoms with Gasteiger partial charge in [0.25, 0.3) is 5.91 Å². The summed E-state index contributed by atoms with van der Waals surface area (Å²) in [5, 5.41) is 2.38. The van der Waals surface area contributed by atoms with E-state index in [1.165, 1.54) is 24.3 Å². The van der Waals surface area contributed by atoms with Crippen LogP contribution in [0, 0.1) is 5.82 Å². The molecule has 2 rings (SSSR count). The summed E-state index contributed by atoms with van der Waals surface area (Å²) in [5.41, 5.74) is -0.906. The molecule has 0 fully saturated rings. The van der Waals surface area contributed by atoms with Crippen LogP contribution in [0.5, 0.6) is 0 Å². The van der Waals surface area contributed by atoms with Gasteiger partial charge in [0.2, 0.25) is 0 Å². The average molecular weight is 402 g/mol. The number of benzene rings is 2. The van der Waals surface area contributed by atoms with Crippen molar-refractivity contribution < 1.29 is 31.9 Å². The highest BCUT2D eigenvalue weighted by Gasteiger charge is 2.30. The minimum atomic E-state index is -4.50. The first-order valence-electron chi connectivity index (χ1n) is 7.42. The molecular formula is C18H12ClF4NO3. The van der Waals surface area contributed by atoms with Gasteiger partial charge in [-0.15, -0.1) is 0 Å². The molecule has 1 N–H and O–H groups in total. The van der Waals surface area contributed by atoms with Crippen LogP contribution in [0.3, 0.4) is 0 Å². The molecule has 0 atom stereocenters. The fourth-order valence-corrected chi connectivity index (χ4v) is 2.12. The molecule has 0 saturated heterocycles. The third-order valence-corrected chi connectivity index (χ3v) is 3.41. The number of alkyl halides is 3. The molecular weight excluding hydrogens is 390 g/mol. The lowest BCUT2D eigenvalue weighted by atomic mass is 10.1. The molecule has 0 unspecified atom stereocenters. The van der Waals surface area contributed by atoms with Gasteiger partial charge in [-0.3, -0.25) is 4.79 Å². The number of anilines is 1. The van der Waals surface area contributed by atoms with Gasteiger partial charge < -0.3 is 10.1 Å². The fraction of sp³-hybridized carbons (Fsp3) is 0.111. The summed E-state index contributed by atoms with van der Waals surface area (Å²) in [6.07, 6.45) is -2.51. The minimum absolute atomic E-state index is 0.132. The first kappa shape index (κ1) is 20.4. The van der Waals surface area contributed by atoms with Gasteiger partial charge in [0.05, 0.1) is 11.3 Å². The van der Waals surface area contributed by atoms with Crippen molar-refractivity contribution in [3.05, 3.63) is 70.5 Å². The van der Waals surface area contributed by atoms with E-state index in [1.807, 2.05) is 0 Å². The minimum Gasteiger partial charge on any atom is -0.452 e. The first-order valence-corrected chi connectivity index (χ1v) is 7.80. The van der Waals surface area contributed by atoms with E-state index in [0.717, 1.165) is 30.4 Å². The topological polar surface area (TPSA) is 55.4 Å². The van der Waals surface area contributed by atoms with E-state index in [2.05, 4.69) is 10.1 Å². The van der Waals surface area contributed by atoms with Crippen LogP contribution < -0.4 is 5.32 Å². The number of carbonyl (C=O) groups excluding carboxylic acids is 2. The maximum atomic E-state index is 13.5. The van der Waals surface area contributed by atoms with Crippen molar-refractivity contribution in [2.24, 2.45) is 0 Å². The molecule has 2 aromatic carbocycles. The van der Waals surface area contributed by atoms with Crippen LogP contribution in [0.15, 0.2) is 48.5 Å². The summed E-state index contributed by atoms with van der Waals surface area (Å²) in [5.74, 6) is -2.48. The maximum absolute atomic E-state index is 13.5. The lowest BCUT2D eigenvalue weighted by Crippen LogP contribution is -2.20. The molecule has 0 aromatic heterocycles. The molecule has 0 bridgehead atoms. The zero-order valence-electron chi connectivity index (χ0n) is 13.5. The predicted molar refractivity (Wildman–Crippen MR) is 91.5 cm³/mol. The smallest absolute Gasteiger partial charge is 0.416 e. The Morgan fingerprint density at radius 2 is 1.89 bits per heavy atom. The number of esters is 1. The quantitative estimate of drug-likeness (QED) is 0.449. The Morgan fingerprint density at radius 1 is 1.15 bits per heavy atom. The number of amides is 1. The van der Waals surface area contributed by atoms with Gasteiger partial charge in [-0.25, -0.2) is 9.18 Å². The SMILES string of the molecule is O=C(COC(=O)/C=C/c1cccc(C(F)(F)F)c1)Nc1cc(Cl)ccc1F. The van der Waals surface area contributed by atoms with Gasteiger partial charge in [0, 0.05) is 11.1 Å². The molecule has 0 saturated carbocycles. The Hall–Kier alpha value is -2.87. The van der Waals surface area contributed by atoms with Crippen molar-refractivity contribution in [1.29, 1.82) is 0 Å². The Bertz CT molecular complexity index is 881. The van der Waals surface area contributed by atoms with Crippen molar-refractivity contribution in [1.82, 2.24) is 0 Å². The van der Waals surface area contributed by atoms with Crippen molar-refractivity contribution in [2.45, 2.75) is 6.18 Å². The van der Waals surface area contributed by atoms with E-state index < -0.39 is 36.0 Å². The molecule has 0 aliphatic carbocycles. The van der Waals surface area contributed by atoms with Crippen LogP contribution in [0.25, 0.3) is 6.08 Å². The Balaban J connectivity index is 1.89. The van der Waals surface area contributed by atoms with Crippen molar-refractivity contribution in [2.75, 3.05) is 11.9 Å². The van der Waals surface area contributed by atoms with E-state index >= 15 is 0 Å². The summed E-state index contributed by atoms with van der Waals surface area (Å²) in [6, 6.07) is 7.86. The standard InChI is InChI=1S/C18H12ClF4NO3/c19-13-5-6-14(20)15(9-13)24-16(25)10-27-17(26)7-4-11-2-1-3-12(8-11)18(21,22)23/h1-9H,10H2,(H,24,25)/b7-4+. The van der Waals surface area contributed by atoms with E-state index in [0.29, 0.717) is 0 Å². The normalized spacial score (nSPS) is 11.4. The number of halogens is 5. The van der Waals surface area contributed by atoms with Crippen LogP contribution in [0.4, 0.5) is 23.2 Å². The summed E-state index contributed by atoms with van der Waals surface area (Å²) < 4.78 is 56.0. The summed E-state index contributed by atoms with van der Waals surface area (Å²) in [7, 11) is 0. The molecule has 1 amide bonds. The van der Waals surface area contributed by atoms with E-state index in [9.17, 15) is 27.2 Å². The number of hydrogen-bond acceptors (Lipinski definition) is 3. The highest BCUT2D eigenvalue weighted by atomic mass is 35.5. The molecule has 142 valence electrons. The number of ether oxygens (including phenoxy) is 1. The lowest BCUT2D eigenvalue weighted by Gasteiger charge is -2.07. The highest BCUT2D eigenvalue weighted by molar-refractivity contribution is 6.30. The van der Waals surface area contributed by atoms with Crippen LogP contribution in [-0.4, -0.2) is 18.5 Å². The van der Waals surface area contributed by atoms with Crippen LogP contribution in [-0.2, 0) is 20.5 Å². The van der Waals surface area contributed by atoms with Gasteiger partial charge in [0.15, 0.2) is 6.61 Å². The Kier molecular flexibility index (Phi) is 6.57. The Morgan fingerprint density at radius 3 is 2.59 bits per heavy atom. The number of carbonyl (C=O) groups is 2. The molecule has 0 spiro atoms. The zero-order chi connectivity index (χ0) is 20.0. The van der Waals surface area contributed by atoms with Gasteiger partial charge in [0.1, 0.15) is 5.82 Å². The number of rotatable bonds is 5. The molecule has 0 heterocycles. The van der Waals surface area contributed by atoms with Crippen LogP contribution >= 0.6 is 11.6 Å². The molecule has 9 heteroatoms. The summed E-state index contributed by atoms with van der Waals surface area (Å²) >= 11 is 5.68. The van der Waals surface area contributed by atoms with Gasteiger partial charge in [-0.1, -0.05) is 23.7 Å². The van der Waals surface area contributed by atoms with Crippen molar-refractivity contribution in [3.63, 3.8) is 0 Å². The highest BCUT2D eigenvalue weighted by Crippen LogP contribution is 2.29. The third-order valence-electron chi connectivity index (χ3n) is 3.17. The number of hydrogen-bond donors (Lipinski definition) is 1. The second kappa shape index (κ2) is 8.68. The van der Waals surface area contributed by atoms with Gasteiger partial charge in [-0.05, 0) is 42.0 Å². The first-order chi connectivity index (χ1) is 12.6. The van der Waals surface area contributed by atoms with E-state index in [-0.39, 0.29) is 16.3 Å². The second-order valence-corrected chi connectivity index (χ2v) is 5.67. The summed E-state index contributed by atoms with van der Waals surface area (Å²) in [6.45, 7) is -0.711. The predicted octanol–water partition coefficient (Wildman–Crippen LogP) is 4.69. The van der Waals surface area contributed by atoms with Gasteiger partial charge in [-0.2, -0.15) is 13.2 Å². The molecule has 0 aliphatic rings. The maximum Gasteiger partial charge on any atom is 0.416 e. The largest absolute Gasteiger partial charge is 0.452 e. The van der Waals surface area contributed by atoms with Crippen molar-refractivity contribution in [3.8, 4) is 0 Å². The van der Waals surface area contributed by atoms with Gasteiger partial charge >= 0.3 is 12.1 Å². The molecule has 0 aliphatic heterocycles. The van der Waals surface area contributed by atoms with Crippen molar-refractivity contribution >= 4 is 35.2 Å². The van der Waals surface area contributed by atoms with E-state index in [4.69, 9.17) is 11.6 Å². The molecule has 27 heavy (non-hydrogen) atoms. The van der Waals surface area contributed by atoms with E-state index in [1.54, 1.807) is 0 Å². The molecule has 0 radical (unpaired) electrons. The molecule has 4 nitrogen and oxygen atoms in total. The zero-order valence-corrected chi connectivity index (χ0v) is 14.3. The molecule has 2 aromatic rings. The Labute approximate surface area is 156 Å². The van der Waals surface area contributed by atoms with Crippen LogP contribution in [0.2, 0.25) is 5.02 Å². The second-order valence-electron chi connectivity index (χ2n) is 5.24. The fourth-order valence-electron chi connectivity index (χ4n) is 1.95. The lowest BCUT2D eigenvalue weighted by molar-refractivity contribution is -0.142. The average Bonchev–Trinajstić information content (AvgIpc) is 2.61.